The first-order chi connectivity index (χ1) is 13.1. The molecular formula is C22H24N2O2S. The van der Waals surface area contributed by atoms with Crippen LogP contribution in [0.3, 0.4) is 0 Å². The van der Waals surface area contributed by atoms with E-state index in [1.165, 1.54) is 5.56 Å². The summed E-state index contributed by atoms with van der Waals surface area (Å²) in [7, 11) is 1.65. The molecule has 0 bridgehead atoms. The summed E-state index contributed by atoms with van der Waals surface area (Å²) < 4.78 is 5.18. The minimum atomic E-state index is 0.0159. The van der Waals surface area contributed by atoms with Crippen molar-refractivity contribution in [3.05, 3.63) is 71.2 Å². The molecule has 0 unspecified atom stereocenters. The van der Waals surface area contributed by atoms with E-state index in [2.05, 4.69) is 22.4 Å². The van der Waals surface area contributed by atoms with E-state index in [9.17, 15) is 4.79 Å². The standard InChI is InChI=1S/C22H24N2O2S/c1-16(8-9-17-6-4-3-5-7-17)23-21(25)14-19-15-27-22(24-19)18-10-12-20(26-2)13-11-18/h3-7,10-13,15-16H,8-9,14H2,1-2H3,(H,23,25)/t16-/m1/s1. The number of hydrogen-bond donors (Lipinski definition) is 1. The van der Waals surface area contributed by atoms with Gasteiger partial charge in [0.2, 0.25) is 5.91 Å². The second kappa shape index (κ2) is 9.33. The van der Waals surface area contributed by atoms with E-state index in [1.807, 2.05) is 54.8 Å². The molecule has 4 nitrogen and oxygen atoms in total. The number of ether oxygens (including phenoxy) is 1. The van der Waals surface area contributed by atoms with Crippen LogP contribution in [0.25, 0.3) is 10.6 Å². The van der Waals surface area contributed by atoms with E-state index < -0.39 is 0 Å². The number of carbonyl (C=O) groups excluding carboxylic acids is 1. The zero-order valence-electron chi connectivity index (χ0n) is 15.6. The lowest BCUT2D eigenvalue weighted by atomic mass is 10.1. The quantitative estimate of drug-likeness (QED) is 0.626. The molecule has 2 aromatic carbocycles. The summed E-state index contributed by atoms with van der Waals surface area (Å²) in [6, 6.07) is 18.3. The summed E-state index contributed by atoms with van der Waals surface area (Å²) in [6.45, 7) is 2.05. The molecule has 0 spiro atoms. The van der Waals surface area contributed by atoms with Gasteiger partial charge in [-0.1, -0.05) is 30.3 Å². The van der Waals surface area contributed by atoms with Crippen molar-refractivity contribution >= 4 is 17.2 Å². The van der Waals surface area contributed by atoms with Gasteiger partial charge in [0.15, 0.2) is 0 Å². The average Bonchev–Trinajstić information content (AvgIpc) is 3.15. The van der Waals surface area contributed by atoms with Crippen LogP contribution < -0.4 is 10.1 Å². The average molecular weight is 381 g/mol. The van der Waals surface area contributed by atoms with E-state index in [-0.39, 0.29) is 11.9 Å². The first-order valence-corrected chi connectivity index (χ1v) is 9.94. The van der Waals surface area contributed by atoms with Crippen molar-refractivity contribution in [3.8, 4) is 16.3 Å². The first-order valence-electron chi connectivity index (χ1n) is 9.06. The zero-order valence-corrected chi connectivity index (χ0v) is 16.5. The topological polar surface area (TPSA) is 51.2 Å². The van der Waals surface area contributed by atoms with Crippen molar-refractivity contribution in [2.24, 2.45) is 0 Å². The summed E-state index contributed by atoms with van der Waals surface area (Å²) in [4.78, 5) is 16.9. The minimum Gasteiger partial charge on any atom is -0.497 e. The Kier molecular flexibility index (Phi) is 6.60. The van der Waals surface area contributed by atoms with Crippen molar-refractivity contribution in [2.45, 2.75) is 32.2 Å². The largest absolute Gasteiger partial charge is 0.497 e. The van der Waals surface area contributed by atoms with Crippen LogP contribution in [-0.4, -0.2) is 24.0 Å². The number of carbonyl (C=O) groups is 1. The molecule has 1 aromatic heterocycles. The highest BCUT2D eigenvalue weighted by atomic mass is 32.1. The molecule has 1 amide bonds. The van der Waals surface area contributed by atoms with Crippen molar-refractivity contribution in [1.82, 2.24) is 10.3 Å². The Hall–Kier alpha value is -2.66. The van der Waals surface area contributed by atoms with Gasteiger partial charge in [0.25, 0.3) is 0 Å². The van der Waals surface area contributed by atoms with Crippen LogP contribution in [0.4, 0.5) is 0 Å². The molecule has 1 N–H and O–H groups in total. The lowest BCUT2D eigenvalue weighted by Crippen LogP contribution is -2.34. The molecule has 0 saturated carbocycles. The van der Waals surface area contributed by atoms with E-state index >= 15 is 0 Å². The van der Waals surface area contributed by atoms with E-state index in [0.29, 0.717) is 6.42 Å². The molecule has 0 saturated heterocycles. The molecule has 0 aliphatic heterocycles. The van der Waals surface area contributed by atoms with Gasteiger partial charge in [-0.05, 0) is 49.6 Å². The van der Waals surface area contributed by atoms with Gasteiger partial charge in [0.05, 0.1) is 19.2 Å². The van der Waals surface area contributed by atoms with Crippen molar-refractivity contribution < 1.29 is 9.53 Å². The maximum atomic E-state index is 12.3. The summed E-state index contributed by atoms with van der Waals surface area (Å²) in [5, 5.41) is 5.94. The molecule has 27 heavy (non-hydrogen) atoms. The minimum absolute atomic E-state index is 0.0159. The third-order valence-corrected chi connectivity index (χ3v) is 5.29. The van der Waals surface area contributed by atoms with Gasteiger partial charge >= 0.3 is 0 Å². The van der Waals surface area contributed by atoms with Gasteiger partial charge in [-0.3, -0.25) is 4.79 Å². The number of benzene rings is 2. The molecule has 3 rings (SSSR count). The highest BCUT2D eigenvalue weighted by Gasteiger charge is 2.12. The highest BCUT2D eigenvalue weighted by Crippen LogP contribution is 2.25. The molecule has 0 aliphatic rings. The number of nitrogens with zero attached hydrogens (tertiary/aromatic N) is 1. The summed E-state index contributed by atoms with van der Waals surface area (Å²) in [6.07, 6.45) is 2.19. The third kappa shape index (κ3) is 5.66. The van der Waals surface area contributed by atoms with E-state index in [4.69, 9.17) is 4.74 Å². The lowest BCUT2D eigenvalue weighted by molar-refractivity contribution is -0.121. The molecule has 1 heterocycles. The van der Waals surface area contributed by atoms with Crippen LogP contribution in [0.5, 0.6) is 5.75 Å². The Labute approximate surface area is 164 Å². The smallest absolute Gasteiger partial charge is 0.226 e. The summed E-state index contributed by atoms with van der Waals surface area (Å²) in [5.41, 5.74) is 3.13. The Bertz CT molecular complexity index is 860. The van der Waals surface area contributed by atoms with Gasteiger partial charge in [-0.15, -0.1) is 11.3 Å². The summed E-state index contributed by atoms with van der Waals surface area (Å²) in [5.74, 6) is 0.835. The van der Waals surface area contributed by atoms with Crippen LogP contribution in [0, 0.1) is 0 Å². The van der Waals surface area contributed by atoms with Crippen LogP contribution in [0.1, 0.15) is 24.6 Å². The number of amides is 1. The zero-order chi connectivity index (χ0) is 19.1. The van der Waals surface area contributed by atoms with Gasteiger partial charge in [-0.2, -0.15) is 0 Å². The predicted molar refractivity (Wildman–Crippen MR) is 110 cm³/mol. The fourth-order valence-corrected chi connectivity index (χ4v) is 3.67. The highest BCUT2D eigenvalue weighted by molar-refractivity contribution is 7.13. The Balaban J connectivity index is 1.49. The maximum absolute atomic E-state index is 12.3. The molecule has 1 atom stereocenters. The van der Waals surface area contributed by atoms with Crippen molar-refractivity contribution in [2.75, 3.05) is 7.11 Å². The number of thiazole rings is 1. The SMILES string of the molecule is COc1ccc(-c2nc(CC(=O)N[C@H](C)CCc3ccccc3)cs2)cc1. The number of nitrogens with one attached hydrogen (secondary N) is 1. The molecule has 0 aliphatic carbocycles. The number of hydrogen-bond acceptors (Lipinski definition) is 4. The fraction of sp³-hybridized carbons (Fsp3) is 0.273. The maximum Gasteiger partial charge on any atom is 0.226 e. The van der Waals surface area contributed by atoms with Crippen LogP contribution in [0.2, 0.25) is 0 Å². The summed E-state index contributed by atoms with van der Waals surface area (Å²) >= 11 is 1.55. The molecule has 140 valence electrons. The van der Waals surface area contributed by atoms with Crippen LogP contribution >= 0.6 is 11.3 Å². The monoisotopic (exact) mass is 380 g/mol. The van der Waals surface area contributed by atoms with Gasteiger partial charge in [-0.25, -0.2) is 4.98 Å². The lowest BCUT2D eigenvalue weighted by Gasteiger charge is -2.13. The van der Waals surface area contributed by atoms with Crippen LogP contribution in [-0.2, 0) is 17.6 Å². The van der Waals surface area contributed by atoms with E-state index in [0.717, 1.165) is 34.9 Å². The molecule has 3 aromatic rings. The molecular weight excluding hydrogens is 356 g/mol. The number of aryl methyl sites for hydroxylation is 1. The number of rotatable bonds is 8. The van der Waals surface area contributed by atoms with Crippen molar-refractivity contribution in [1.29, 1.82) is 0 Å². The Morgan fingerprint density at radius 1 is 1.15 bits per heavy atom. The van der Waals surface area contributed by atoms with Gasteiger partial charge in [0.1, 0.15) is 10.8 Å². The van der Waals surface area contributed by atoms with Crippen molar-refractivity contribution in [3.63, 3.8) is 0 Å². The molecule has 0 fully saturated rings. The molecule has 0 radical (unpaired) electrons. The van der Waals surface area contributed by atoms with Crippen LogP contribution in [0.15, 0.2) is 60.0 Å². The Morgan fingerprint density at radius 3 is 2.59 bits per heavy atom. The second-order valence-electron chi connectivity index (χ2n) is 6.54. The fourth-order valence-electron chi connectivity index (χ4n) is 2.84. The number of aromatic nitrogens is 1. The molecule has 5 heteroatoms. The van der Waals surface area contributed by atoms with Gasteiger partial charge in [0, 0.05) is 17.0 Å². The predicted octanol–water partition coefficient (Wildman–Crippen LogP) is 4.50. The van der Waals surface area contributed by atoms with E-state index in [1.54, 1.807) is 18.4 Å². The third-order valence-electron chi connectivity index (χ3n) is 4.35. The van der Waals surface area contributed by atoms with Gasteiger partial charge < -0.3 is 10.1 Å². The Morgan fingerprint density at radius 2 is 1.89 bits per heavy atom. The second-order valence-corrected chi connectivity index (χ2v) is 7.40. The number of methoxy groups -OCH3 is 1. The first kappa shape index (κ1) is 19.1. The normalized spacial score (nSPS) is 11.8.